The van der Waals surface area contributed by atoms with E-state index in [4.69, 9.17) is 4.74 Å². The van der Waals surface area contributed by atoms with Crippen molar-refractivity contribution in [1.82, 2.24) is 0 Å². The number of ether oxygens (including phenoxy) is 3. The van der Waals surface area contributed by atoms with Crippen LogP contribution in [0.25, 0.3) is 0 Å². The van der Waals surface area contributed by atoms with Crippen molar-refractivity contribution in [3.8, 4) is 0 Å². The maximum Gasteiger partial charge on any atom is 0.490 e. The topological polar surface area (TPSA) is 61.8 Å². The number of esters is 2. The highest BCUT2D eigenvalue weighted by Crippen LogP contribution is 2.17. The molecule has 0 aliphatic carbocycles. The van der Waals surface area contributed by atoms with Gasteiger partial charge in [-0.1, -0.05) is 0 Å². The summed E-state index contributed by atoms with van der Waals surface area (Å²) in [5.41, 5.74) is 0. The van der Waals surface area contributed by atoms with Gasteiger partial charge < -0.3 is 14.2 Å². The molecule has 5 nitrogen and oxygen atoms in total. The Bertz CT molecular complexity index is 332. The fraction of sp³-hybridized carbons (Fsp3) is 0.833. The van der Waals surface area contributed by atoms with Gasteiger partial charge in [0.1, 0.15) is 0 Å². The van der Waals surface area contributed by atoms with Crippen molar-refractivity contribution in [1.29, 1.82) is 0 Å². The second kappa shape index (κ2) is 10.3. The SMILES string of the molecule is O=C(OCCCCOCCCCOC(=O)C(F)(F)F)C(F)(F)F. The van der Waals surface area contributed by atoms with Gasteiger partial charge in [0.05, 0.1) is 13.2 Å². The summed E-state index contributed by atoms with van der Waals surface area (Å²) in [5, 5.41) is 0. The third-order valence-electron chi connectivity index (χ3n) is 2.30. The molecule has 0 amide bonds. The van der Waals surface area contributed by atoms with E-state index in [1.807, 2.05) is 0 Å². The maximum absolute atomic E-state index is 11.7. The van der Waals surface area contributed by atoms with Crippen LogP contribution in [0.1, 0.15) is 25.7 Å². The van der Waals surface area contributed by atoms with Crippen LogP contribution in [0.15, 0.2) is 0 Å². The number of hydrogen-bond donors (Lipinski definition) is 0. The molecule has 0 unspecified atom stereocenters. The minimum atomic E-state index is -5.01. The molecular weight excluding hydrogens is 338 g/mol. The van der Waals surface area contributed by atoms with Gasteiger partial charge in [0.25, 0.3) is 0 Å². The minimum Gasteiger partial charge on any atom is -0.459 e. The molecule has 0 spiro atoms. The van der Waals surface area contributed by atoms with Crippen molar-refractivity contribution < 1.29 is 50.1 Å². The maximum atomic E-state index is 11.7. The molecule has 0 radical (unpaired) electrons. The highest BCUT2D eigenvalue weighted by Gasteiger charge is 2.41. The van der Waals surface area contributed by atoms with Crippen molar-refractivity contribution in [2.24, 2.45) is 0 Å². The molecule has 0 aliphatic rings. The lowest BCUT2D eigenvalue weighted by Crippen LogP contribution is -2.25. The van der Waals surface area contributed by atoms with Gasteiger partial charge in [0, 0.05) is 13.2 Å². The number of rotatable bonds is 10. The Morgan fingerprint density at radius 3 is 1.22 bits per heavy atom. The number of unbranched alkanes of at least 4 members (excludes halogenated alkanes) is 2. The second-order valence-corrected chi connectivity index (χ2v) is 4.29. The lowest BCUT2D eigenvalue weighted by Gasteiger charge is -2.08. The van der Waals surface area contributed by atoms with Crippen molar-refractivity contribution >= 4 is 11.9 Å². The molecule has 136 valence electrons. The van der Waals surface area contributed by atoms with Gasteiger partial charge in [-0.2, -0.15) is 26.3 Å². The molecule has 0 aromatic rings. The standard InChI is InChI=1S/C12H16F6O5/c13-11(14,15)9(19)22-7-3-1-5-21-6-2-4-8-23-10(20)12(16,17)18/h1-8H2. The molecule has 0 saturated carbocycles. The molecule has 0 fully saturated rings. The molecule has 0 aliphatic heterocycles. The zero-order chi connectivity index (χ0) is 17.9. The van der Waals surface area contributed by atoms with Crippen molar-refractivity contribution in [2.45, 2.75) is 38.0 Å². The molecule has 0 aromatic heterocycles. The summed E-state index contributed by atoms with van der Waals surface area (Å²) in [7, 11) is 0. The zero-order valence-electron chi connectivity index (χ0n) is 12.0. The summed E-state index contributed by atoms with van der Waals surface area (Å²) in [6.45, 7) is -0.359. The first-order chi connectivity index (χ1) is 10.5. The molecule has 0 bridgehead atoms. The number of alkyl halides is 6. The summed E-state index contributed by atoms with van der Waals surface area (Å²) in [6.07, 6.45) is -8.93. The van der Waals surface area contributed by atoms with Crippen molar-refractivity contribution in [2.75, 3.05) is 26.4 Å². The minimum absolute atomic E-state index is 0.186. The van der Waals surface area contributed by atoms with Crippen LogP contribution in [-0.2, 0) is 23.8 Å². The summed E-state index contributed by atoms with van der Waals surface area (Å²) >= 11 is 0. The van der Waals surface area contributed by atoms with Crippen LogP contribution in [-0.4, -0.2) is 50.7 Å². The number of halogens is 6. The molecule has 11 heteroatoms. The zero-order valence-corrected chi connectivity index (χ0v) is 12.0. The van der Waals surface area contributed by atoms with Gasteiger partial charge in [-0.3, -0.25) is 0 Å². The van der Waals surface area contributed by atoms with E-state index in [1.54, 1.807) is 0 Å². The molecular formula is C12H16F6O5. The number of hydrogen-bond acceptors (Lipinski definition) is 5. The highest BCUT2D eigenvalue weighted by atomic mass is 19.4. The van der Waals surface area contributed by atoms with E-state index in [-0.39, 0.29) is 39.3 Å². The Morgan fingerprint density at radius 2 is 0.913 bits per heavy atom. The van der Waals surface area contributed by atoms with E-state index in [9.17, 15) is 35.9 Å². The Labute approximate surface area is 127 Å². The van der Waals surface area contributed by atoms with E-state index in [1.165, 1.54) is 0 Å². The van der Waals surface area contributed by atoms with Crippen LogP contribution in [0.4, 0.5) is 26.3 Å². The molecule has 23 heavy (non-hydrogen) atoms. The van der Waals surface area contributed by atoms with Crippen molar-refractivity contribution in [3.63, 3.8) is 0 Å². The molecule has 0 saturated heterocycles. The summed E-state index contributed by atoms with van der Waals surface area (Å²) in [4.78, 5) is 20.7. The fourth-order valence-corrected chi connectivity index (χ4v) is 1.21. The molecule has 0 rings (SSSR count). The molecule has 0 atom stereocenters. The first-order valence-electron chi connectivity index (χ1n) is 6.61. The number of carbonyl (C=O) groups excluding carboxylic acids is 2. The highest BCUT2D eigenvalue weighted by molar-refractivity contribution is 5.75. The average molecular weight is 354 g/mol. The molecule has 0 N–H and O–H groups in total. The van der Waals surface area contributed by atoms with Gasteiger partial charge in [-0.15, -0.1) is 0 Å². The lowest BCUT2D eigenvalue weighted by atomic mass is 10.3. The third kappa shape index (κ3) is 11.7. The first-order valence-corrected chi connectivity index (χ1v) is 6.61. The van der Waals surface area contributed by atoms with Gasteiger partial charge in [-0.05, 0) is 25.7 Å². The van der Waals surface area contributed by atoms with Gasteiger partial charge in [0.2, 0.25) is 0 Å². The third-order valence-corrected chi connectivity index (χ3v) is 2.30. The predicted octanol–water partition coefficient (Wildman–Crippen LogP) is 2.77. The van der Waals surface area contributed by atoms with Gasteiger partial charge in [-0.25, -0.2) is 9.59 Å². The van der Waals surface area contributed by atoms with Gasteiger partial charge in [0.15, 0.2) is 0 Å². The van der Waals surface area contributed by atoms with Crippen LogP contribution in [0, 0.1) is 0 Å². The smallest absolute Gasteiger partial charge is 0.459 e. The Balaban J connectivity index is 3.35. The predicted molar refractivity (Wildman–Crippen MR) is 63.3 cm³/mol. The van der Waals surface area contributed by atoms with E-state index in [2.05, 4.69) is 9.47 Å². The van der Waals surface area contributed by atoms with Crippen LogP contribution in [0.2, 0.25) is 0 Å². The Kier molecular flexibility index (Phi) is 9.61. The normalized spacial score (nSPS) is 12.1. The fourth-order valence-electron chi connectivity index (χ4n) is 1.21. The average Bonchev–Trinajstić information content (AvgIpc) is 2.42. The van der Waals surface area contributed by atoms with E-state index < -0.39 is 24.3 Å². The number of carbonyl (C=O) groups is 2. The summed E-state index contributed by atoms with van der Waals surface area (Å²) < 4.78 is 83.5. The van der Waals surface area contributed by atoms with Crippen LogP contribution in [0.3, 0.4) is 0 Å². The van der Waals surface area contributed by atoms with E-state index in [0.29, 0.717) is 12.8 Å². The summed E-state index contributed by atoms with van der Waals surface area (Å²) in [6, 6.07) is 0. The Morgan fingerprint density at radius 1 is 0.609 bits per heavy atom. The van der Waals surface area contributed by atoms with Crippen LogP contribution >= 0.6 is 0 Å². The second-order valence-electron chi connectivity index (χ2n) is 4.29. The monoisotopic (exact) mass is 354 g/mol. The van der Waals surface area contributed by atoms with Crippen LogP contribution in [0.5, 0.6) is 0 Å². The van der Waals surface area contributed by atoms with E-state index >= 15 is 0 Å². The summed E-state index contributed by atoms with van der Waals surface area (Å²) in [5.74, 6) is -4.49. The first kappa shape index (κ1) is 21.5. The Hall–Kier alpha value is -1.52. The largest absolute Gasteiger partial charge is 0.490 e. The van der Waals surface area contributed by atoms with Crippen molar-refractivity contribution in [3.05, 3.63) is 0 Å². The quantitative estimate of drug-likeness (QED) is 0.343. The molecule has 0 heterocycles. The molecule has 0 aromatic carbocycles. The lowest BCUT2D eigenvalue weighted by molar-refractivity contribution is -0.199. The van der Waals surface area contributed by atoms with E-state index in [0.717, 1.165) is 0 Å². The van der Waals surface area contributed by atoms with Gasteiger partial charge >= 0.3 is 24.3 Å². The van der Waals surface area contributed by atoms with Crippen LogP contribution < -0.4 is 0 Å².